The van der Waals surface area contributed by atoms with Gasteiger partial charge in [-0.05, 0) is 23.3 Å². The maximum absolute atomic E-state index is 12.0. The zero-order chi connectivity index (χ0) is 15.2. The summed E-state index contributed by atoms with van der Waals surface area (Å²) in [6.07, 6.45) is 1.87. The van der Waals surface area contributed by atoms with Gasteiger partial charge in [-0.2, -0.15) is 0 Å². The van der Waals surface area contributed by atoms with Crippen molar-refractivity contribution in [3.05, 3.63) is 60.7 Å². The molecule has 2 atom stereocenters. The van der Waals surface area contributed by atoms with Crippen molar-refractivity contribution >= 4 is 16.7 Å². The van der Waals surface area contributed by atoms with Crippen molar-refractivity contribution in [2.24, 2.45) is 5.92 Å². The van der Waals surface area contributed by atoms with Gasteiger partial charge in [-0.1, -0.05) is 48.5 Å². The van der Waals surface area contributed by atoms with Crippen LogP contribution in [-0.2, 0) is 4.79 Å². The smallest absolute Gasteiger partial charge is 0.221 e. The summed E-state index contributed by atoms with van der Waals surface area (Å²) in [5.74, 6) is -0.265. The average molecular weight is 283 g/mol. The van der Waals surface area contributed by atoms with Crippen molar-refractivity contribution in [3.8, 4) is 0 Å². The molecule has 1 amide bonds. The molecule has 0 fully saturated rings. The van der Waals surface area contributed by atoms with Crippen LogP contribution in [0.1, 0.15) is 24.9 Å². The van der Waals surface area contributed by atoms with Gasteiger partial charge in [0.1, 0.15) is 0 Å². The van der Waals surface area contributed by atoms with Gasteiger partial charge in [0.2, 0.25) is 5.91 Å². The Morgan fingerprint density at radius 3 is 2.71 bits per heavy atom. The first-order valence-corrected chi connectivity index (χ1v) is 7.16. The second-order valence-corrected chi connectivity index (χ2v) is 5.24. The highest BCUT2D eigenvalue weighted by Crippen LogP contribution is 2.24. The molecule has 0 bridgehead atoms. The molecule has 0 radical (unpaired) electrons. The Morgan fingerprint density at radius 2 is 2.00 bits per heavy atom. The summed E-state index contributed by atoms with van der Waals surface area (Å²) in [5, 5.41) is 14.4. The van der Waals surface area contributed by atoms with Gasteiger partial charge in [-0.25, -0.2) is 0 Å². The van der Waals surface area contributed by atoms with Crippen molar-refractivity contribution in [1.29, 1.82) is 0 Å². The van der Waals surface area contributed by atoms with E-state index in [0.717, 1.165) is 16.3 Å². The molecule has 0 spiro atoms. The molecule has 2 aromatic carbocycles. The fourth-order valence-electron chi connectivity index (χ4n) is 2.47. The van der Waals surface area contributed by atoms with Gasteiger partial charge in [-0.3, -0.25) is 4.79 Å². The first-order valence-electron chi connectivity index (χ1n) is 7.16. The summed E-state index contributed by atoms with van der Waals surface area (Å²) in [4.78, 5) is 12.0. The lowest BCUT2D eigenvalue weighted by Gasteiger charge is -2.18. The van der Waals surface area contributed by atoms with E-state index in [-0.39, 0.29) is 30.9 Å². The molecule has 0 aliphatic heterocycles. The van der Waals surface area contributed by atoms with Crippen LogP contribution in [0.3, 0.4) is 0 Å². The number of hydrogen-bond acceptors (Lipinski definition) is 2. The number of nitrogens with one attached hydrogen (secondary N) is 1. The molecule has 2 rings (SSSR count). The normalized spacial score (nSPS) is 13.6. The van der Waals surface area contributed by atoms with E-state index in [1.807, 2.05) is 31.2 Å². The lowest BCUT2D eigenvalue weighted by molar-refractivity contribution is -0.122. The quantitative estimate of drug-likeness (QED) is 0.800. The fraction of sp³-hybridized carbons (Fsp3) is 0.278. The molecule has 0 heterocycles. The van der Waals surface area contributed by atoms with Crippen molar-refractivity contribution in [1.82, 2.24) is 5.32 Å². The molecule has 0 aliphatic rings. The van der Waals surface area contributed by atoms with Crippen molar-refractivity contribution in [2.75, 3.05) is 6.61 Å². The van der Waals surface area contributed by atoms with E-state index in [1.54, 1.807) is 6.08 Å². The molecule has 0 saturated heterocycles. The number of carbonyl (C=O) groups excluding carboxylic acids is 1. The Hall–Kier alpha value is -2.13. The Labute approximate surface area is 125 Å². The Balaban J connectivity index is 2.13. The summed E-state index contributed by atoms with van der Waals surface area (Å²) in [5.41, 5.74) is 1.10. The second kappa shape index (κ2) is 7.04. The lowest BCUT2D eigenvalue weighted by Crippen LogP contribution is -2.28. The Kier molecular flexibility index (Phi) is 5.12. The second-order valence-electron chi connectivity index (χ2n) is 5.24. The number of fused-ring (bicyclic) bond motifs is 1. The molecule has 21 heavy (non-hydrogen) atoms. The zero-order valence-electron chi connectivity index (χ0n) is 12.3. The number of rotatable bonds is 6. The third-order valence-corrected chi connectivity index (χ3v) is 3.68. The molecule has 110 valence electrons. The van der Waals surface area contributed by atoms with Crippen LogP contribution < -0.4 is 5.32 Å². The molecule has 0 unspecified atom stereocenters. The third kappa shape index (κ3) is 3.70. The molecule has 3 heteroatoms. The molecule has 2 N–H and O–H groups in total. The van der Waals surface area contributed by atoms with Crippen LogP contribution in [0.5, 0.6) is 0 Å². The van der Waals surface area contributed by atoms with Crippen molar-refractivity contribution in [3.63, 3.8) is 0 Å². The van der Waals surface area contributed by atoms with Gasteiger partial charge in [0.05, 0.1) is 6.04 Å². The summed E-state index contributed by atoms with van der Waals surface area (Å²) in [7, 11) is 0. The largest absolute Gasteiger partial charge is 0.396 e. The number of hydrogen-bond donors (Lipinski definition) is 2. The predicted molar refractivity (Wildman–Crippen MR) is 85.9 cm³/mol. The molecule has 3 nitrogen and oxygen atoms in total. The first-order chi connectivity index (χ1) is 10.2. The highest BCUT2D eigenvalue weighted by molar-refractivity contribution is 5.86. The van der Waals surface area contributed by atoms with Crippen LogP contribution in [-0.4, -0.2) is 17.6 Å². The summed E-state index contributed by atoms with van der Waals surface area (Å²) >= 11 is 0. The topological polar surface area (TPSA) is 49.3 Å². The SMILES string of the molecule is C=C[C@H](CO)CC(=O)N[C@@H](C)c1cccc2ccccc12. The molecule has 0 saturated carbocycles. The fourth-order valence-corrected chi connectivity index (χ4v) is 2.47. The molecule has 0 aliphatic carbocycles. The highest BCUT2D eigenvalue weighted by Gasteiger charge is 2.14. The summed E-state index contributed by atoms with van der Waals surface area (Å²) < 4.78 is 0. The van der Waals surface area contributed by atoms with E-state index in [2.05, 4.69) is 30.1 Å². The van der Waals surface area contributed by atoms with Gasteiger partial charge in [0.15, 0.2) is 0 Å². The van der Waals surface area contributed by atoms with E-state index in [9.17, 15) is 4.79 Å². The van der Waals surface area contributed by atoms with Gasteiger partial charge in [0, 0.05) is 18.9 Å². The third-order valence-electron chi connectivity index (χ3n) is 3.68. The van der Waals surface area contributed by atoms with E-state index < -0.39 is 0 Å². The Bertz CT molecular complexity index is 631. The van der Waals surface area contributed by atoms with Crippen molar-refractivity contribution in [2.45, 2.75) is 19.4 Å². The van der Waals surface area contributed by atoms with Crippen LogP contribution in [0.2, 0.25) is 0 Å². The van der Waals surface area contributed by atoms with Gasteiger partial charge in [-0.15, -0.1) is 6.58 Å². The number of carbonyl (C=O) groups is 1. The minimum absolute atomic E-state index is 0.0560. The molecular formula is C18H21NO2. The van der Waals surface area contributed by atoms with E-state index in [4.69, 9.17) is 5.11 Å². The standard InChI is InChI=1S/C18H21NO2/c1-3-14(12-20)11-18(21)19-13(2)16-10-6-8-15-7-4-5-9-17(15)16/h3-10,13-14,20H,1,11-12H2,2H3,(H,19,21)/t13-,14-/m0/s1. The molecular weight excluding hydrogens is 262 g/mol. The van der Waals surface area contributed by atoms with Crippen LogP contribution >= 0.6 is 0 Å². The van der Waals surface area contributed by atoms with E-state index >= 15 is 0 Å². The number of aliphatic hydroxyl groups excluding tert-OH is 1. The maximum atomic E-state index is 12.0. The Morgan fingerprint density at radius 1 is 1.29 bits per heavy atom. The minimum atomic E-state index is -0.190. The summed E-state index contributed by atoms with van der Waals surface area (Å²) in [6.45, 7) is 5.54. The molecule has 2 aromatic rings. The number of aliphatic hydroxyl groups is 1. The molecule has 0 aromatic heterocycles. The minimum Gasteiger partial charge on any atom is -0.396 e. The highest BCUT2D eigenvalue weighted by atomic mass is 16.3. The van der Waals surface area contributed by atoms with E-state index in [1.165, 1.54) is 0 Å². The predicted octanol–water partition coefficient (Wildman–Crippen LogP) is 3.20. The van der Waals surface area contributed by atoms with Crippen LogP contribution in [0.25, 0.3) is 10.8 Å². The zero-order valence-corrected chi connectivity index (χ0v) is 12.3. The monoisotopic (exact) mass is 283 g/mol. The van der Waals surface area contributed by atoms with Crippen molar-refractivity contribution < 1.29 is 9.90 Å². The first kappa shape index (κ1) is 15.3. The van der Waals surface area contributed by atoms with Gasteiger partial charge < -0.3 is 10.4 Å². The lowest BCUT2D eigenvalue weighted by atomic mass is 9.99. The number of benzene rings is 2. The average Bonchev–Trinajstić information content (AvgIpc) is 2.51. The maximum Gasteiger partial charge on any atom is 0.221 e. The van der Waals surface area contributed by atoms with Crippen LogP contribution in [0.4, 0.5) is 0 Å². The van der Waals surface area contributed by atoms with Gasteiger partial charge >= 0.3 is 0 Å². The van der Waals surface area contributed by atoms with E-state index in [0.29, 0.717) is 0 Å². The van der Waals surface area contributed by atoms with Crippen LogP contribution in [0.15, 0.2) is 55.1 Å². The number of amides is 1. The summed E-state index contributed by atoms with van der Waals surface area (Å²) in [6, 6.07) is 14.1. The van der Waals surface area contributed by atoms with Gasteiger partial charge in [0.25, 0.3) is 0 Å². The van der Waals surface area contributed by atoms with Crippen LogP contribution in [0, 0.1) is 5.92 Å².